The van der Waals surface area contributed by atoms with Gasteiger partial charge in [0.05, 0.1) is 17.9 Å². The standard InChI is InChI=1S/C30H37FO8/c1-16-12-22-21-9-8-17-13-18(33)10-11-27(17,2)29(21,31)23(34)14-28(22,3)30(16,24(35)15-32)39-26(38)20-7-5-4-6-19(20)25(36)37/h5,7,10-11,13,16,19-23,32,34H,4,6,8-9,12,14-15H2,1-3H3,(H,36,37)/t16-,19?,20?,21+,22+,23+,27+,28+,29+,30+/m1/s1. The van der Waals surface area contributed by atoms with E-state index in [0.717, 1.165) is 0 Å². The maximum absolute atomic E-state index is 17.5. The van der Waals surface area contributed by atoms with Crippen LogP contribution >= 0.6 is 0 Å². The summed E-state index contributed by atoms with van der Waals surface area (Å²) in [6.45, 7) is 4.24. The van der Waals surface area contributed by atoms with Gasteiger partial charge in [0.15, 0.2) is 17.1 Å². The lowest BCUT2D eigenvalue weighted by atomic mass is 9.44. The molecule has 2 unspecified atom stereocenters. The van der Waals surface area contributed by atoms with Gasteiger partial charge in [0.2, 0.25) is 5.78 Å². The lowest BCUT2D eigenvalue weighted by Crippen LogP contribution is -2.70. The maximum Gasteiger partial charge on any atom is 0.314 e. The minimum Gasteiger partial charge on any atom is -0.481 e. The summed E-state index contributed by atoms with van der Waals surface area (Å²) in [5.41, 5.74) is -5.78. The highest BCUT2D eigenvalue weighted by atomic mass is 19.1. The average molecular weight is 545 g/mol. The first-order valence-corrected chi connectivity index (χ1v) is 13.9. The zero-order chi connectivity index (χ0) is 28.5. The summed E-state index contributed by atoms with van der Waals surface area (Å²) in [7, 11) is 0. The lowest BCUT2D eigenvalue weighted by molar-refractivity contribution is -0.230. The Morgan fingerprint density at radius 3 is 2.56 bits per heavy atom. The molecule has 0 aromatic rings. The van der Waals surface area contributed by atoms with Crippen LogP contribution in [-0.4, -0.2) is 62.8 Å². The highest BCUT2D eigenvalue weighted by molar-refractivity contribution is 6.01. The van der Waals surface area contributed by atoms with Gasteiger partial charge in [0.1, 0.15) is 6.61 Å². The van der Waals surface area contributed by atoms with Crippen LogP contribution in [0.15, 0.2) is 36.0 Å². The van der Waals surface area contributed by atoms with Crippen LogP contribution in [0.5, 0.6) is 0 Å². The number of Topliss-reactive ketones (excluding diaryl/α,β-unsaturated/α-hetero) is 1. The van der Waals surface area contributed by atoms with Crippen molar-refractivity contribution in [3.05, 3.63) is 36.0 Å². The zero-order valence-electron chi connectivity index (χ0n) is 22.6. The van der Waals surface area contributed by atoms with E-state index in [-0.39, 0.29) is 18.6 Å². The van der Waals surface area contributed by atoms with E-state index in [0.29, 0.717) is 31.3 Å². The Labute approximate surface area is 227 Å². The maximum atomic E-state index is 17.5. The molecule has 0 aliphatic heterocycles. The second kappa shape index (κ2) is 9.20. The molecular formula is C30H37FO8. The lowest BCUT2D eigenvalue weighted by Gasteiger charge is -2.62. The largest absolute Gasteiger partial charge is 0.481 e. The van der Waals surface area contributed by atoms with Crippen LogP contribution in [0.3, 0.4) is 0 Å². The zero-order valence-corrected chi connectivity index (χ0v) is 22.6. The number of ether oxygens (including phenoxy) is 1. The van der Waals surface area contributed by atoms with Crippen molar-refractivity contribution in [1.29, 1.82) is 0 Å². The minimum absolute atomic E-state index is 0.207. The topological polar surface area (TPSA) is 138 Å². The minimum atomic E-state index is -2.12. The normalized spacial score (nSPS) is 46.5. The van der Waals surface area contributed by atoms with Gasteiger partial charge >= 0.3 is 11.9 Å². The first kappa shape index (κ1) is 27.9. The van der Waals surface area contributed by atoms with E-state index in [2.05, 4.69) is 0 Å². The molecule has 0 bridgehead atoms. The van der Waals surface area contributed by atoms with Crippen molar-refractivity contribution < 1.29 is 43.6 Å². The third kappa shape index (κ3) is 3.54. The number of hydrogen-bond acceptors (Lipinski definition) is 7. The van der Waals surface area contributed by atoms with Crippen molar-refractivity contribution in [2.75, 3.05) is 6.61 Å². The molecule has 5 aliphatic rings. The molecule has 212 valence electrons. The molecule has 9 heteroatoms. The van der Waals surface area contributed by atoms with Crippen molar-refractivity contribution >= 4 is 23.5 Å². The third-order valence-corrected chi connectivity index (χ3v) is 11.0. The Bertz CT molecular complexity index is 1210. The Kier molecular flexibility index (Phi) is 6.58. The van der Waals surface area contributed by atoms with Crippen LogP contribution in [-0.2, 0) is 23.9 Å². The molecule has 39 heavy (non-hydrogen) atoms. The molecule has 0 spiro atoms. The second-order valence-corrected chi connectivity index (χ2v) is 12.6. The van der Waals surface area contributed by atoms with Crippen LogP contribution in [0.4, 0.5) is 4.39 Å². The molecule has 0 aromatic carbocycles. The van der Waals surface area contributed by atoms with E-state index >= 15 is 4.39 Å². The molecule has 5 rings (SSSR count). The predicted molar refractivity (Wildman–Crippen MR) is 137 cm³/mol. The molecule has 3 fully saturated rings. The molecule has 0 aromatic heterocycles. The van der Waals surface area contributed by atoms with Crippen molar-refractivity contribution in [3.63, 3.8) is 0 Å². The number of aliphatic hydroxyl groups excluding tert-OH is 2. The highest BCUT2D eigenvalue weighted by Crippen LogP contribution is 2.71. The van der Waals surface area contributed by atoms with Crippen molar-refractivity contribution in [1.82, 2.24) is 0 Å². The summed E-state index contributed by atoms with van der Waals surface area (Å²) < 4.78 is 23.5. The van der Waals surface area contributed by atoms with Crippen molar-refractivity contribution in [2.24, 2.45) is 40.4 Å². The molecule has 3 saturated carbocycles. The van der Waals surface area contributed by atoms with Gasteiger partial charge in [-0.25, -0.2) is 4.39 Å². The Hall–Kier alpha value is -2.65. The number of ketones is 2. The fourth-order valence-electron chi connectivity index (χ4n) is 9.10. The molecule has 0 radical (unpaired) electrons. The van der Waals surface area contributed by atoms with E-state index in [1.165, 1.54) is 18.2 Å². The summed E-state index contributed by atoms with van der Waals surface area (Å²) in [5.74, 6) is -6.87. The molecule has 0 saturated heterocycles. The van der Waals surface area contributed by atoms with Gasteiger partial charge in [0.25, 0.3) is 0 Å². The van der Waals surface area contributed by atoms with Gasteiger partial charge in [-0.2, -0.15) is 0 Å². The summed E-state index contributed by atoms with van der Waals surface area (Å²) >= 11 is 0. The van der Waals surface area contributed by atoms with Gasteiger partial charge in [-0.3, -0.25) is 19.2 Å². The average Bonchev–Trinajstić information content (AvgIpc) is 3.11. The predicted octanol–water partition coefficient (Wildman–Crippen LogP) is 3.11. The van der Waals surface area contributed by atoms with Crippen molar-refractivity contribution in [2.45, 2.75) is 76.7 Å². The van der Waals surface area contributed by atoms with E-state index in [9.17, 15) is 34.5 Å². The number of allylic oxidation sites excluding steroid dienone is 5. The van der Waals surface area contributed by atoms with E-state index in [1.807, 2.05) is 0 Å². The molecule has 8 nitrogen and oxygen atoms in total. The molecule has 10 atom stereocenters. The molecular weight excluding hydrogens is 507 g/mol. The summed E-state index contributed by atoms with van der Waals surface area (Å²) in [6, 6.07) is 0. The number of alkyl halides is 1. The fourth-order valence-corrected chi connectivity index (χ4v) is 9.10. The Balaban J connectivity index is 1.58. The molecule has 5 aliphatic carbocycles. The smallest absolute Gasteiger partial charge is 0.314 e. The van der Waals surface area contributed by atoms with Crippen LogP contribution in [0.1, 0.15) is 59.3 Å². The molecule has 0 amide bonds. The number of carbonyl (C=O) groups is 4. The van der Waals surface area contributed by atoms with E-state index in [1.54, 1.807) is 32.9 Å². The molecule has 0 heterocycles. The highest BCUT2D eigenvalue weighted by Gasteiger charge is 2.77. The number of aliphatic carboxylic acids is 1. The van der Waals surface area contributed by atoms with Crippen molar-refractivity contribution in [3.8, 4) is 0 Å². The number of carbonyl (C=O) groups excluding carboxylic acids is 3. The van der Waals surface area contributed by atoms with E-state index < -0.39 is 82.1 Å². The fraction of sp³-hybridized carbons (Fsp3) is 0.667. The Morgan fingerprint density at radius 1 is 1.18 bits per heavy atom. The number of esters is 1. The SMILES string of the molecule is C[C@@H]1C[C@H]2[C@@H]3CCC4=CC(=O)C=C[C@]4(C)[C@@]3(F)[C@@H](O)C[C@]2(C)[C@@]1(OC(=O)C1C=CCCC1C(=O)O)C(=O)CO. The number of halogens is 1. The van der Waals surface area contributed by atoms with Crippen LogP contribution in [0, 0.1) is 40.4 Å². The van der Waals surface area contributed by atoms with Crippen LogP contribution in [0.25, 0.3) is 0 Å². The van der Waals surface area contributed by atoms with Crippen LogP contribution in [0.2, 0.25) is 0 Å². The van der Waals surface area contributed by atoms with Gasteiger partial charge in [0, 0.05) is 22.7 Å². The molecule has 3 N–H and O–H groups in total. The number of carboxylic acids is 1. The Morgan fingerprint density at radius 2 is 1.90 bits per heavy atom. The summed E-state index contributed by atoms with van der Waals surface area (Å²) in [6.07, 6.45) is 7.65. The second-order valence-electron chi connectivity index (χ2n) is 12.6. The number of fused-ring (bicyclic) bond motifs is 5. The third-order valence-electron chi connectivity index (χ3n) is 11.0. The monoisotopic (exact) mass is 544 g/mol. The van der Waals surface area contributed by atoms with Gasteiger partial charge in [-0.15, -0.1) is 0 Å². The van der Waals surface area contributed by atoms with Gasteiger partial charge in [-0.1, -0.05) is 37.6 Å². The number of carboxylic acid groups (broad SMARTS) is 1. The first-order chi connectivity index (χ1) is 18.3. The summed E-state index contributed by atoms with van der Waals surface area (Å²) in [5, 5.41) is 31.4. The van der Waals surface area contributed by atoms with E-state index in [4.69, 9.17) is 4.74 Å². The number of aliphatic hydroxyl groups is 2. The quantitative estimate of drug-likeness (QED) is 0.355. The number of hydrogen-bond donors (Lipinski definition) is 3. The van der Waals surface area contributed by atoms with Gasteiger partial charge in [-0.05, 0) is 63.5 Å². The first-order valence-electron chi connectivity index (χ1n) is 13.9. The number of rotatable bonds is 5. The van der Waals surface area contributed by atoms with Gasteiger partial charge < -0.3 is 20.1 Å². The summed E-state index contributed by atoms with van der Waals surface area (Å²) in [4.78, 5) is 51.2. The van der Waals surface area contributed by atoms with Crippen LogP contribution < -0.4 is 0 Å².